The Balaban J connectivity index is 1.30. The predicted octanol–water partition coefficient (Wildman–Crippen LogP) is 7.67. The zero-order valence-electron chi connectivity index (χ0n) is 21.9. The second-order valence-electron chi connectivity index (χ2n) is 9.36. The van der Waals surface area contributed by atoms with Gasteiger partial charge in [-0.25, -0.2) is 4.98 Å². The maximum atomic E-state index is 13.7. The minimum atomic E-state index is -0.224. The van der Waals surface area contributed by atoms with E-state index in [1.807, 2.05) is 49.4 Å². The van der Waals surface area contributed by atoms with Crippen LogP contribution in [-0.2, 0) is 6.54 Å². The molecule has 0 saturated carbocycles. The highest BCUT2D eigenvalue weighted by molar-refractivity contribution is 7.14. The fourth-order valence-electron chi connectivity index (χ4n) is 4.72. The van der Waals surface area contributed by atoms with E-state index in [1.165, 1.54) is 11.6 Å². The fourth-order valence-corrected chi connectivity index (χ4v) is 5.47. The number of rotatable bonds is 9. The second-order valence-corrected chi connectivity index (χ2v) is 10.4. The average Bonchev–Trinajstić information content (AvgIpc) is 3.72. The molecule has 1 aromatic carbocycles. The summed E-state index contributed by atoms with van der Waals surface area (Å²) in [6.45, 7) is 7.49. The van der Waals surface area contributed by atoms with Crippen molar-refractivity contribution in [1.82, 2.24) is 30.5 Å². The van der Waals surface area contributed by atoms with Crippen LogP contribution < -0.4 is 5.32 Å². The summed E-state index contributed by atoms with van der Waals surface area (Å²) in [7, 11) is 0. The monoisotopic (exact) mass is 546 g/mol. The van der Waals surface area contributed by atoms with E-state index in [9.17, 15) is 4.39 Å². The first kappa shape index (κ1) is 25.6. The fraction of sp³-hybridized carbons (Fsp3) is 0.0938. The molecule has 0 fully saturated rings. The van der Waals surface area contributed by atoms with Crippen LogP contribution in [0.25, 0.3) is 49.3 Å². The lowest BCUT2D eigenvalue weighted by molar-refractivity contribution is 0.657. The number of benzene rings is 1. The molecular weight excluding hydrogens is 519 g/mol. The number of aromatic nitrogens is 5. The Labute approximate surface area is 235 Å². The Bertz CT molecular complexity index is 1880. The topological polar surface area (TPSA) is 82.3 Å². The minimum absolute atomic E-state index is 0.224. The Hall–Kier alpha value is -4.66. The van der Waals surface area contributed by atoms with Crippen LogP contribution >= 0.6 is 11.3 Å². The Morgan fingerprint density at radius 1 is 1.07 bits per heavy atom. The van der Waals surface area contributed by atoms with Crippen LogP contribution in [0.5, 0.6) is 0 Å². The van der Waals surface area contributed by atoms with Gasteiger partial charge < -0.3 is 10.3 Å². The molecule has 6 nitrogen and oxygen atoms in total. The smallest absolute Gasteiger partial charge is 0.176 e. The first-order valence-corrected chi connectivity index (χ1v) is 13.8. The van der Waals surface area contributed by atoms with Crippen LogP contribution in [0.4, 0.5) is 4.39 Å². The third-order valence-electron chi connectivity index (χ3n) is 6.76. The van der Waals surface area contributed by atoms with Gasteiger partial charge in [0, 0.05) is 35.1 Å². The van der Waals surface area contributed by atoms with Crippen molar-refractivity contribution in [3.63, 3.8) is 0 Å². The van der Waals surface area contributed by atoms with Crippen molar-refractivity contribution >= 4 is 38.8 Å². The third kappa shape index (κ3) is 5.14. The minimum Gasteiger partial charge on any atom is -0.352 e. The molecular formula is C32H27FN6S. The highest BCUT2D eigenvalue weighted by atomic mass is 32.1. The van der Waals surface area contributed by atoms with Gasteiger partial charge in [0.1, 0.15) is 11.2 Å². The highest BCUT2D eigenvalue weighted by Crippen LogP contribution is 2.35. The summed E-state index contributed by atoms with van der Waals surface area (Å²) in [4.78, 5) is 13.6. The van der Waals surface area contributed by atoms with Crippen molar-refractivity contribution < 1.29 is 4.39 Å². The van der Waals surface area contributed by atoms with E-state index >= 15 is 0 Å². The van der Waals surface area contributed by atoms with Crippen molar-refractivity contribution in [1.29, 1.82) is 0 Å². The molecule has 0 saturated heterocycles. The molecule has 0 amide bonds. The van der Waals surface area contributed by atoms with Crippen molar-refractivity contribution in [2.45, 2.75) is 13.5 Å². The molecule has 0 bridgehead atoms. The van der Waals surface area contributed by atoms with Crippen LogP contribution in [0.15, 0.2) is 103 Å². The standard InChI is InChI=1S/C32H27FN6S/c1-3-20(16-34-17-21-8-6-5-7-9-21)14-22(4-2)25-10-11-26-31(37-25)32(39-38-26)27-15-23-24(18-35-19-28(23)36-27)29-12-13-30(33)40-29/h3-15,18-19,34,36H,1,16-17H2,2H3,(H,38,39)/b20-14+,22-4+. The van der Waals surface area contributed by atoms with Gasteiger partial charge in [-0.2, -0.15) is 9.49 Å². The largest absolute Gasteiger partial charge is 0.352 e. The van der Waals surface area contributed by atoms with Gasteiger partial charge in [0.15, 0.2) is 5.13 Å². The summed E-state index contributed by atoms with van der Waals surface area (Å²) < 4.78 is 13.7. The average molecular weight is 547 g/mol. The van der Waals surface area contributed by atoms with Crippen LogP contribution in [0.1, 0.15) is 18.2 Å². The molecule has 0 radical (unpaired) electrons. The first-order chi connectivity index (χ1) is 19.6. The SMILES string of the molecule is C=C/C(=C\C(=C/C)c1ccc2[nH]nc(-c3cc4c(-c5ccc(F)s5)cncc4[nH]3)c2n1)CNCc1ccccc1. The number of aromatic amines is 2. The molecule has 40 heavy (non-hydrogen) atoms. The number of allylic oxidation sites excluding steroid dienone is 3. The highest BCUT2D eigenvalue weighted by Gasteiger charge is 2.16. The van der Waals surface area contributed by atoms with E-state index < -0.39 is 0 Å². The molecule has 5 heterocycles. The van der Waals surface area contributed by atoms with Crippen molar-refractivity contribution in [3.8, 4) is 21.8 Å². The molecule has 5 aromatic heterocycles. The number of H-pyrrole nitrogens is 2. The lowest BCUT2D eigenvalue weighted by Gasteiger charge is -2.08. The van der Waals surface area contributed by atoms with E-state index in [-0.39, 0.29) is 5.13 Å². The number of hydrogen-bond donors (Lipinski definition) is 3. The molecule has 198 valence electrons. The Morgan fingerprint density at radius 2 is 1.95 bits per heavy atom. The van der Waals surface area contributed by atoms with Crippen LogP contribution in [0.3, 0.4) is 0 Å². The molecule has 0 spiro atoms. The molecule has 3 N–H and O–H groups in total. The third-order valence-corrected chi connectivity index (χ3v) is 7.67. The predicted molar refractivity (Wildman–Crippen MR) is 162 cm³/mol. The van der Waals surface area contributed by atoms with Crippen LogP contribution in [0, 0.1) is 5.13 Å². The quantitative estimate of drug-likeness (QED) is 0.163. The van der Waals surface area contributed by atoms with E-state index in [4.69, 9.17) is 4.98 Å². The van der Waals surface area contributed by atoms with Gasteiger partial charge in [-0.1, -0.05) is 49.1 Å². The molecule has 0 atom stereocenters. The number of hydrogen-bond acceptors (Lipinski definition) is 5. The molecule has 0 unspecified atom stereocenters. The number of nitrogens with zero attached hydrogens (tertiary/aromatic N) is 3. The van der Waals surface area contributed by atoms with Gasteiger partial charge in [-0.3, -0.25) is 10.1 Å². The second kappa shape index (κ2) is 11.2. The normalized spacial score (nSPS) is 12.4. The Morgan fingerprint density at radius 3 is 2.73 bits per heavy atom. The summed E-state index contributed by atoms with van der Waals surface area (Å²) in [5.74, 6) is 0. The molecule has 0 aliphatic rings. The lowest BCUT2D eigenvalue weighted by atomic mass is 10.1. The zero-order valence-corrected chi connectivity index (χ0v) is 22.7. The van der Waals surface area contributed by atoms with Crippen LogP contribution in [0.2, 0.25) is 0 Å². The van der Waals surface area contributed by atoms with E-state index in [0.29, 0.717) is 12.2 Å². The van der Waals surface area contributed by atoms with Gasteiger partial charge in [-0.05, 0) is 60.0 Å². The first-order valence-electron chi connectivity index (χ1n) is 12.9. The number of nitrogens with one attached hydrogen (secondary N) is 3. The number of halogens is 1. The van der Waals surface area contributed by atoms with Crippen LogP contribution in [-0.4, -0.2) is 31.7 Å². The number of fused-ring (bicyclic) bond motifs is 2. The lowest BCUT2D eigenvalue weighted by Crippen LogP contribution is -2.16. The summed E-state index contributed by atoms with van der Waals surface area (Å²) in [5.41, 5.74) is 8.99. The summed E-state index contributed by atoms with van der Waals surface area (Å²) >= 11 is 1.10. The summed E-state index contributed by atoms with van der Waals surface area (Å²) in [6.07, 6.45) is 9.57. The molecule has 0 aliphatic carbocycles. The number of thiophene rings is 1. The van der Waals surface area contributed by atoms with Crippen molar-refractivity contribution in [2.75, 3.05) is 6.54 Å². The van der Waals surface area contributed by atoms with Gasteiger partial charge >= 0.3 is 0 Å². The molecule has 6 aromatic rings. The van der Waals surface area contributed by atoms with Gasteiger partial charge in [0.25, 0.3) is 0 Å². The van der Waals surface area contributed by atoms with Gasteiger partial charge in [-0.15, -0.1) is 11.3 Å². The van der Waals surface area contributed by atoms with Crippen molar-refractivity contribution in [2.24, 2.45) is 0 Å². The van der Waals surface area contributed by atoms with Crippen molar-refractivity contribution in [3.05, 3.63) is 120 Å². The van der Waals surface area contributed by atoms with E-state index in [0.717, 1.165) is 72.8 Å². The summed E-state index contributed by atoms with van der Waals surface area (Å²) in [5, 5.41) is 11.9. The molecule has 0 aliphatic heterocycles. The van der Waals surface area contributed by atoms with Gasteiger partial charge in [0.05, 0.1) is 28.6 Å². The summed E-state index contributed by atoms with van der Waals surface area (Å²) in [6, 6.07) is 19.6. The Kier molecular flexibility index (Phi) is 7.18. The maximum absolute atomic E-state index is 13.7. The zero-order chi connectivity index (χ0) is 27.5. The van der Waals surface area contributed by atoms with E-state index in [2.05, 4.69) is 56.3 Å². The number of pyridine rings is 2. The van der Waals surface area contributed by atoms with Gasteiger partial charge in [0.2, 0.25) is 0 Å². The van der Waals surface area contributed by atoms with E-state index in [1.54, 1.807) is 18.5 Å². The molecule has 6 rings (SSSR count). The molecule has 8 heteroatoms. The maximum Gasteiger partial charge on any atom is 0.176 e.